The smallest absolute Gasteiger partial charge is 0.0411 e. The van der Waals surface area contributed by atoms with Crippen LogP contribution in [0.5, 0.6) is 0 Å². The summed E-state index contributed by atoms with van der Waals surface area (Å²) in [4.78, 5) is 0. The number of nitrogens with two attached hydrogens (primary N) is 1. The number of hydrogen-bond donors (Lipinski definition) is 1. The van der Waals surface area contributed by atoms with E-state index in [-0.39, 0.29) is 5.54 Å². The summed E-state index contributed by atoms with van der Waals surface area (Å²) in [6, 6.07) is 6.93. The first-order chi connectivity index (χ1) is 8.14. The van der Waals surface area contributed by atoms with E-state index in [1.54, 1.807) is 5.56 Å². The highest BCUT2D eigenvalue weighted by Gasteiger charge is 2.41. The molecule has 0 bridgehead atoms. The van der Waals surface area contributed by atoms with Crippen LogP contribution in [-0.2, 0) is 5.54 Å². The predicted molar refractivity (Wildman–Crippen MR) is 72.0 cm³/mol. The van der Waals surface area contributed by atoms with Crippen molar-refractivity contribution >= 4 is 0 Å². The van der Waals surface area contributed by atoms with E-state index in [0.29, 0.717) is 0 Å². The molecule has 2 N–H and O–H groups in total. The molecule has 2 fully saturated rings. The Labute approximate surface area is 104 Å². The van der Waals surface area contributed by atoms with Crippen LogP contribution in [0, 0.1) is 12.8 Å². The molecule has 0 amide bonds. The number of rotatable bonds is 3. The normalized spacial score (nSPS) is 29.8. The van der Waals surface area contributed by atoms with Gasteiger partial charge in [0, 0.05) is 5.54 Å². The fraction of sp³-hybridized carbons (Fsp3) is 0.625. The zero-order valence-corrected chi connectivity index (χ0v) is 11.0. The summed E-state index contributed by atoms with van der Waals surface area (Å²) in [5.41, 5.74) is 10.8. The second-order valence-electron chi connectivity index (χ2n) is 6.08. The van der Waals surface area contributed by atoms with Crippen LogP contribution in [0.2, 0.25) is 0 Å². The lowest BCUT2D eigenvalue weighted by Crippen LogP contribution is -2.25. The predicted octanol–water partition coefficient (Wildman–Crippen LogP) is 3.85. The SMILES string of the molecule is CCC1CCC1c1cc(C2(N)CC2)ccc1C. The van der Waals surface area contributed by atoms with Crippen molar-refractivity contribution in [3.8, 4) is 0 Å². The van der Waals surface area contributed by atoms with Crippen molar-refractivity contribution in [2.45, 2.75) is 57.4 Å². The Hall–Kier alpha value is -0.820. The van der Waals surface area contributed by atoms with Crippen LogP contribution in [0.25, 0.3) is 0 Å². The Balaban J connectivity index is 1.92. The maximum Gasteiger partial charge on any atom is 0.0411 e. The van der Waals surface area contributed by atoms with Crippen LogP contribution in [0.3, 0.4) is 0 Å². The van der Waals surface area contributed by atoms with E-state index < -0.39 is 0 Å². The summed E-state index contributed by atoms with van der Waals surface area (Å²) in [5.74, 6) is 1.72. The van der Waals surface area contributed by atoms with Gasteiger partial charge in [-0.25, -0.2) is 0 Å². The lowest BCUT2D eigenvalue weighted by molar-refractivity contribution is 0.246. The molecule has 0 saturated heterocycles. The Morgan fingerprint density at radius 3 is 2.59 bits per heavy atom. The van der Waals surface area contributed by atoms with E-state index >= 15 is 0 Å². The molecule has 1 heteroatoms. The molecule has 92 valence electrons. The van der Waals surface area contributed by atoms with Gasteiger partial charge in [0.2, 0.25) is 0 Å². The molecule has 1 aromatic carbocycles. The molecule has 2 unspecified atom stereocenters. The molecule has 2 saturated carbocycles. The molecule has 0 aliphatic heterocycles. The maximum absolute atomic E-state index is 6.31. The summed E-state index contributed by atoms with van der Waals surface area (Å²) < 4.78 is 0. The lowest BCUT2D eigenvalue weighted by atomic mass is 9.67. The van der Waals surface area contributed by atoms with Crippen molar-refractivity contribution in [1.82, 2.24) is 0 Å². The van der Waals surface area contributed by atoms with Crippen molar-refractivity contribution in [1.29, 1.82) is 0 Å². The third-order valence-corrected chi connectivity index (χ3v) is 4.98. The largest absolute Gasteiger partial charge is 0.321 e. The average Bonchev–Trinajstić information content (AvgIpc) is 3.00. The van der Waals surface area contributed by atoms with E-state index in [4.69, 9.17) is 5.73 Å². The third-order valence-electron chi connectivity index (χ3n) is 4.98. The van der Waals surface area contributed by atoms with Crippen molar-refractivity contribution in [2.24, 2.45) is 11.7 Å². The quantitative estimate of drug-likeness (QED) is 0.837. The van der Waals surface area contributed by atoms with Crippen molar-refractivity contribution in [2.75, 3.05) is 0 Å². The molecular formula is C16H23N. The van der Waals surface area contributed by atoms with E-state index in [1.165, 1.54) is 30.4 Å². The molecule has 2 atom stereocenters. The van der Waals surface area contributed by atoms with Gasteiger partial charge >= 0.3 is 0 Å². The molecule has 0 radical (unpaired) electrons. The van der Waals surface area contributed by atoms with Gasteiger partial charge in [-0.15, -0.1) is 0 Å². The zero-order valence-electron chi connectivity index (χ0n) is 11.0. The first kappa shape index (κ1) is 11.3. The van der Waals surface area contributed by atoms with Crippen molar-refractivity contribution in [3.05, 3.63) is 34.9 Å². The molecule has 0 spiro atoms. The van der Waals surface area contributed by atoms with E-state index in [1.807, 2.05) is 0 Å². The van der Waals surface area contributed by atoms with Crippen LogP contribution in [0.15, 0.2) is 18.2 Å². The van der Waals surface area contributed by atoms with Gasteiger partial charge in [0.1, 0.15) is 0 Å². The number of benzene rings is 1. The maximum atomic E-state index is 6.31. The van der Waals surface area contributed by atoms with E-state index in [9.17, 15) is 0 Å². The van der Waals surface area contributed by atoms with Gasteiger partial charge in [-0.05, 0) is 61.1 Å². The summed E-state index contributed by atoms with van der Waals surface area (Å²) in [5, 5.41) is 0. The minimum atomic E-state index is 0.0217. The molecule has 1 aromatic rings. The fourth-order valence-corrected chi connectivity index (χ4v) is 3.24. The Kier molecular flexibility index (Phi) is 2.55. The van der Waals surface area contributed by atoms with E-state index in [0.717, 1.165) is 24.7 Å². The minimum Gasteiger partial charge on any atom is -0.321 e. The second kappa shape index (κ2) is 3.84. The molecule has 0 heterocycles. The highest BCUT2D eigenvalue weighted by Crippen LogP contribution is 2.48. The topological polar surface area (TPSA) is 26.0 Å². The van der Waals surface area contributed by atoms with Gasteiger partial charge in [0.05, 0.1) is 0 Å². The average molecular weight is 229 g/mol. The summed E-state index contributed by atoms with van der Waals surface area (Å²) in [7, 11) is 0. The highest BCUT2D eigenvalue weighted by molar-refractivity contribution is 5.40. The second-order valence-corrected chi connectivity index (χ2v) is 6.08. The first-order valence-electron chi connectivity index (χ1n) is 7.04. The Bertz CT molecular complexity index is 429. The zero-order chi connectivity index (χ0) is 12.0. The summed E-state index contributed by atoms with van der Waals surface area (Å²) in [6.45, 7) is 4.57. The van der Waals surface area contributed by atoms with Crippen molar-refractivity contribution in [3.63, 3.8) is 0 Å². The van der Waals surface area contributed by atoms with Gasteiger partial charge in [-0.3, -0.25) is 0 Å². The standard InChI is InChI=1S/C16H23N/c1-3-12-5-7-14(12)15-10-13(6-4-11(15)2)16(17)8-9-16/h4,6,10,12,14H,3,5,7-9,17H2,1-2H3. The van der Waals surface area contributed by atoms with Crippen LogP contribution >= 0.6 is 0 Å². The minimum absolute atomic E-state index is 0.0217. The summed E-state index contributed by atoms with van der Waals surface area (Å²) >= 11 is 0. The molecule has 2 aliphatic rings. The Morgan fingerprint density at radius 1 is 1.29 bits per heavy atom. The van der Waals surface area contributed by atoms with Gasteiger partial charge < -0.3 is 5.73 Å². The van der Waals surface area contributed by atoms with Gasteiger partial charge in [-0.1, -0.05) is 31.5 Å². The fourth-order valence-electron chi connectivity index (χ4n) is 3.24. The molecule has 0 aromatic heterocycles. The van der Waals surface area contributed by atoms with Crippen LogP contribution < -0.4 is 5.73 Å². The first-order valence-corrected chi connectivity index (χ1v) is 7.04. The van der Waals surface area contributed by atoms with Crippen LogP contribution in [0.4, 0.5) is 0 Å². The number of aryl methyl sites for hydroxylation is 1. The summed E-state index contributed by atoms with van der Waals surface area (Å²) in [6.07, 6.45) is 6.44. The van der Waals surface area contributed by atoms with Gasteiger partial charge in [0.15, 0.2) is 0 Å². The molecular weight excluding hydrogens is 206 g/mol. The van der Waals surface area contributed by atoms with Crippen molar-refractivity contribution < 1.29 is 0 Å². The number of hydrogen-bond acceptors (Lipinski definition) is 1. The monoisotopic (exact) mass is 229 g/mol. The highest BCUT2D eigenvalue weighted by atomic mass is 14.8. The lowest BCUT2D eigenvalue weighted by Gasteiger charge is -2.37. The Morgan fingerprint density at radius 2 is 2.06 bits per heavy atom. The van der Waals surface area contributed by atoms with Gasteiger partial charge in [0.25, 0.3) is 0 Å². The third kappa shape index (κ3) is 1.81. The molecule has 3 rings (SSSR count). The van der Waals surface area contributed by atoms with Gasteiger partial charge in [-0.2, -0.15) is 0 Å². The van der Waals surface area contributed by atoms with Crippen LogP contribution in [0.1, 0.15) is 61.6 Å². The molecule has 2 aliphatic carbocycles. The van der Waals surface area contributed by atoms with E-state index in [2.05, 4.69) is 32.0 Å². The molecule has 17 heavy (non-hydrogen) atoms. The van der Waals surface area contributed by atoms with Crippen LogP contribution in [-0.4, -0.2) is 0 Å². The molecule has 1 nitrogen and oxygen atoms in total.